The Balaban J connectivity index is 1.00. The molecule has 18 rings (SSSR count). The minimum Gasteiger partial charge on any atom is -0.306 e. The number of fused-ring (bicyclic) bond motifs is 9. The number of nitrogens with zero attached hydrogens (tertiary/aromatic N) is 3. The fourth-order valence-electron chi connectivity index (χ4n) is 16.7. The maximum Gasteiger partial charge on any atom is 0.179 e. The number of rotatable bonds is 13. The van der Waals surface area contributed by atoms with E-state index < -0.39 is 24.2 Å². The summed E-state index contributed by atoms with van der Waals surface area (Å²) in [6, 6.07) is 150. The number of aromatic nitrogens is 3. The molecule has 0 saturated heterocycles. The van der Waals surface area contributed by atoms with Gasteiger partial charge in [0.1, 0.15) is 0 Å². The number of benzene rings is 15. The molecule has 15 aromatic carbocycles. The average molecular weight is 1270 g/mol. The van der Waals surface area contributed by atoms with Crippen molar-refractivity contribution in [2.75, 3.05) is 0 Å². The Kier molecular flexibility index (Phi) is 13.9. The van der Waals surface area contributed by atoms with Crippen LogP contribution in [0.1, 0.15) is 0 Å². The summed E-state index contributed by atoms with van der Waals surface area (Å²) in [7, 11) is -8.84. The zero-order chi connectivity index (χ0) is 63.6. The van der Waals surface area contributed by atoms with Crippen LogP contribution in [0.4, 0.5) is 0 Å². The van der Waals surface area contributed by atoms with Crippen LogP contribution in [0.25, 0.3) is 71.4 Å². The molecular weight excluding hydrogens is 1210 g/mol. The predicted molar refractivity (Wildman–Crippen MR) is 415 cm³/mol. The second kappa shape index (κ2) is 23.4. The van der Waals surface area contributed by atoms with Gasteiger partial charge in [0.05, 0.1) is 44.1 Å². The number of hydrogen-bond donors (Lipinski definition) is 0. The van der Waals surface area contributed by atoms with E-state index in [4.69, 9.17) is 0 Å². The van der Waals surface area contributed by atoms with Crippen LogP contribution in [0.15, 0.2) is 394 Å². The highest BCUT2D eigenvalue weighted by atomic mass is 28.3. The van der Waals surface area contributed by atoms with Gasteiger partial charge >= 0.3 is 0 Å². The summed E-state index contributed by atoms with van der Waals surface area (Å²) in [4.78, 5) is 0. The molecule has 0 aliphatic heterocycles. The topological polar surface area (TPSA) is 13.8 Å². The van der Waals surface area contributed by atoms with E-state index in [0.29, 0.717) is 0 Å². The van der Waals surface area contributed by atoms with Crippen molar-refractivity contribution in [3.05, 3.63) is 394 Å². The van der Waals surface area contributed by atoms with E-state index in [1.54, 1.807) is 0 Å². The molecule has 0 bridgehead atoms. The molecule has 3 heterocycles. The number of para-hydroxylation sites is 4. The lowest BCUT2D eigenvalue weighted by molar-refractivity contribution is 1.16. The van der Waals surface area contributed by atoms with E-state index in [9.17, 15) is 0 Å². The third kappa shape index (κ3) is 8.63. The zero-order valence-electron chi connectivity index (χ0n) is 52.9. The summed E-state index contributed by atoms with van der Waals surface area (Å²) in [6.07, 6.45) is 0. The summed E-state index contributed by atoms with van der Waals surface area (Å²) in [5.74, 6) is 0. The molecule has 6 heteroatoms. The molecule has 0 spiro atoms. The molecule has 18 aromatic rings. The Morgan fingerprint density at radius 3 is 0.750 bits per heavy atom. The maximum atomic E-state index is 2.63. The molecule has 0 aliphatic rings. The van der Waals surface area contributed by atoms with Crippen LogP contribution < -0.4 is 62.2 Å². The maximum absolute atomic E-state index is 2.98. The van der Waals surface area contributed by atoms with Gasteiger partial charge in [0.25, 0.3) is 0 Å². The molecule has 96 heavy (non-hydrogen) atoms. The Morgan fingerprint density at radius 2 is 0.406 bits per heavy atom. The minimum atomic E-state index is -2.98. The van der Waals surface area contributed by atoms with Crippen molar-refractivity contribution < 1.29 is 0 Å². The first kappa shape index (κ1) is 57.0. The Bertz CT molecular complexity index is 5620. The lowest BCUT2D eigenvalue weighted by atomic mass is 10.1. The third-order valence-corrected chi connectivity index (χ3v) is 35.0. The van der Waals surface area contributed by atoms with E-state index in [-0.39, 0.29) is 0 Å². The van der Waals surface area contributed by atoms with E-state index in [1.807, 2.05) is 0 Å². The number of hydrogen-bond acceptors (Lipinski definition) is 0. The van der Waals surface area contributed by atoms with Crippen molar-refractivity contribution in [2.24, 2.45) is 0 Å². The summed E-state index contributed by atoms with van der Waals surface area (Å²) in [5, 5.41) is 20.9. The fraction of sp³-hybridized carbons (Fsp3) is 0. The summed E-state index contributed by atoms with van der Waals surface area (Å²) in [6.45, 7) is 0. The highest BCUT2D eigenvalue weighted by molar-refractivity contribution is 7.21. The molecule has 0 unspecified atom stereocenters. The SMILES string of the molecule is c1ccc([Si](c2ccccc2)(c2ccccc2)c2ccc(-n3c4ccccc4n4c5ccc([Si](c6ccccc6)(c6ccccc6)c6ccccc6)cc5c5cccc(c54)n4c5ccc([Si](c6ccccc6)(c6ccccc6)c6ccccc6)cc5c5cccc3c54)cc2)cc1. The average Bonchev–Trinajstić information content (AvgIpc) is 1.52. The summed E-state index contributed by atoms with van der Waals surface area (Å²) < 4.78 is 7.80. The normalized spacial score (nSPS) is 12.2. The van der Waals surface area contributed by atoms with Crippen LogP contribution in [-0.2, 0) is 0 Å². The minimum absolute atomic E-state index is 1.07. The van der Waals surface area contributed by atoms with Gasteiger partial charge in [0, 0.05) is 27.2 Å². The molecular formula is C90H65N3Si3. The smallest absolute Gasteiger partial charge is 0.179 e. The van der Waals surface area contributed by atoms with Gasteiger partial charge in [-0.3, -0.25) is 0 Å². The zero-order valence-corrected chi connectivity index (χ0v) is 55.9. The monoisotopic (exact) mass is 1270 g/mol. The summed E-state index contributed by atoms with van der Waals surface area (Å²) >= 11 is 0. The lowest BCUT2D eigenvalue weighted by Crippen LogP contribution is -2.74. The van der Waals surface area contributed by atoms with Crippen LogP contribution >= 0.6 is 0 Å². The molecule has 0 N–H and O–H groups in total. The molecule has 0 amide bonds. The van der Waals surface area contributed by atoms with E-state index in [0.717, 1.165) is 49.8 Å². The van der Waals surface area contributed by atoms with Crippen LogP contribution in [0.5, 0.6) is 0 Å². The molecule has 0 radical (unpaired) electrons. The lowest BCUT2D eigenvalue weighted by Gasteiger charge is -2.34. The van der Waals surface area contributed by atoms with Crippen LogP contribution in [0, 0.1) is 0 Å². The fourth-order valence-corrected chi connectivity index (χ4v) is 31.0. The van der Waals surface area contributed by atoms with Crippen molar-refractivity contribution >= 4 is 152 Å². The molecule has 0 aliphatic carbocycles. The standard InChI is InChI=1S/C90H65N3Si3/c1-10-32-67(33-11-1)94(68-34-12-2-13-35-68,69-36-14-3-15-37-69)76-58-56-66(57-59-76)91-85-52-28-29-53-86(85)92-83-62-60-77(95(70-38-16-4-17-39-70,71-40-18-5-19-41-71)72-42-20-6-21-43-72)64-81(83)80-51-31-55-88(90(80)92)93-84-63-61-78(65-82(84)79-50-30-54-87(91)89(79)93)96(73-44-22-7-23-45-73,74-46-24-8-25-47-74)75-48-26-9-27-49-75/h1-65H. The van der Waals surface area contributed by atoms with Gasteiger partial charge in [-0.2, -0.15) is 0 Å². The van der Waals surface area contributed by atoms with E-state index in [2.05, 4.69) is 408 Å². The van der Waals surface area contributed by atoms with Crippen molar-refractivity contribution in [1.82, 2.24) is 13.4 Å². The highest BCUT2D eigenvalue weighted by Gasteiger charge is 2.44. The molecule has 0 saturated carbocycles. The first-order valence-corrected chi connectivity index (χ1v) is 39.3. The second-order valence-electron chi connectivity index (χ2n) is 25.4. The van der Waals surface area contributed by atoms with Crippen molar-refractivity contribution in [3.63, 3.8) is 0 Å². The largest absolute Gasteiger partial charge is 0.306 e. The van der Waals surface area contributed by atoms with Gasteiger partial charge in [-0.05, 0) is 111 Å². The molecule has 0 atom stereocenters. The summed E-state index contributed by atoms with van der Waals surface area (Å²) in [5.41, 5.74) is 10.1. The first-order valence-electron chi connectivity index (χ1n) is 33.3. The van der Waals surface area contributed by atoms with Crippen LogP contribution in [-0.4, -0.2) is 37.6 Å². The van der Waals surface area contributed by atoms with Gasteiger partial charge in [-0.15, -0.1) is 0 Å². The Hall–Kier alpha value is -11.6. The Labute approximate surface area is 561 Å². The molecule has 3 aromatic heterocycles. The van der Waals surface area contributed by atoms with Crippen molar-refractivity contribution in [3.8, 4) is 5.69 Å². The first-order chi connectivity index (χ1) is 47.7. The van der Waals surface area contributed by atoms with E-state index >= 15 is 0 Å². The van der Waals surface area contributed by atoms with Crippen LogP contribution in [0.3, 0.4) is 0 Å². The van der Waals surface area contributed by atoms with Gasteiger partial charge in [-0.25, -0.2) is 0 Å². The second-order valence-corrected chi connectivity index (χ2v) is 36.8. The quantitative estimate of drug-likeness (QED) is 0.0807. The van der Waals surface area contributed by atoms with Crippen LogP contribution in [0.2, 0.25) is 0 Å². The van der Waals surface area contributed by atoms with Gasteiger partial charge < -0.3 is 13.4 Å². The van der Waals surface area contributed by atoms with Gasteiger partial charge in [-0.1, -0.05) is 346 Å². The Morgan fingerprint density at radius 1 is 0.156 bits per heavy atom. The predicted octanol–water partition coefficient (Wildman–Crippen LogP) is 13.4. The third-order valence-electron chi connectivity index (χ3n) is 20.7. The van der Waals surface area contributed by atoms with E-state index in [1.165, 1.54) is 83.8 Å². The molecule has 452 valence electrons. The van der Waals surface area contributed by atoms with Crippen molar-refractivity contribution in [2.45, 2.75) is 0 Å². The van der Waals surface area contributed by atoms with Crippen molar-refractivity contribution in [1.29, 1.82) is 0 Å². The highest BCUT2D eigenvalue weighted by Crippen LogP contribution is 2.40. The van der Waals surface area contributed by atoms with Gasteiger partial charge in [0.2, 0.25) is 0 Å². The van der Waals surface area contributed by atoms with Gasteiger partial charge in [0.15, 0.2) is 24.2 Å². The molecule has 0 fully saturated rings. The molecule has 3 nitrogen and oxygen atoms in total.